The number of hydroxylamine groups is 2. The lowest BCUT2D eigenvalue weighted by atomic mass is 10.1. The van der Waals surface area contributed by atoms with E-state index in [0.717, 1.165) is 18.7 Å². The number of rotatable bonds is 11. The van der Waals surface area contributed by atoms with Gasteiger partial charge >= 0.3 is 11.9 Å². The third-order valence-corrected chi connectivity index (χ3v) is 4.77. The zero-order valence-corrected chi connectivity index (χ0v) is 17.0. The Balaban J connectivity index is 1.70. The van der Waals surface area contributed by atoms with Crippen molar-refractivity contribution >= 4 is 23.8 Å². The van der Waals surface area contributed by atoms with Gasteiger partial charge in [-0.1, -0.05) is 26.0 Å². The quantitative estimate of drug-likeness (QED) is 0.412. The summed E-state index contributed by atoms with van der Waals surface area (Å²) < 4.78 is 5.29. The molecule has 8 nitrogen and oxygen atoms in total. The topological polar surface area (TPSA) is 93.2 Å². The van der Waals surface area contributed by atoms with Gasteiger partial charge in [0.2, 0.25) is 0 Å². The second-order valence-corrected chi connectivity index (χ2v) is 6.76. The Hall–Kier alpha value is -2.74. The standard InChI is InChI=1S/C21H28N2O6/c1-3-22(4-2)14-15-28-21(27)17-10-8-16(9-11-17)6-5-7-20(26)29-23-18(24)12-13-19(23)25/h8-11H,3-7,12-15H2,1-2H3. The van der Waals surface area contributed by atoms with Gasteiger partial charge in [-0.15, -0.1) is 5.06 Å². The fourth-order valence-corrected chi connectivity index (χ4v) is 2.94. The number of carbonyl (C=O) groups excluding carboxylic acids is 4. The van der Waals surface area contributed by atoms with E-state index in [9.17, 15) is 19.2 Å². The van der Waals surface area contributed by atoms with Crippen LogP contribution >= 0.6 is 0 Å². The molecule has 0 spiro atoms. The Morgan fingerprint density at radius 3 is 2.24 bits per heavy atom. The molecule has 0 radical (unpaired) electrons. The molecule has 1 saturated heterocycles. The minimum atomic E-state index is -0.609. The van der Waals surface area contributed by atoms with Gasteiger partial charge in [0.1, 0.15) is 6.61 Å². The average Bonchev–Trinajstić information content (AvgIpc) is 3.03. The van der Waals surface area contributed by atoms with Crippen molar-refractivity contribution in [2.75, 3.05) is 26.2 Å². The van der Waals surface area contributed by atoms with Gasteiger partial charge in [0.15, 0.2) is 0 Å². The van der Waals surface area contributed by atoms with Crippen LogP contribution in [0.5, 0.6) is 0 Å². The molecule has 0 N–H and O–H groups in total. The van der Waals surface area contributed by atoms with E-state index >= 15 is 0 Å². The van der Waals surface area contributed by atoms with E-state index in [-0.39, 0.29) is 25.2 Å². The molecule has 2 rings (SSSR count). The van der Waals surface area contributed by atoms with Crippen LogP contribution in [-0.4, -0.2) is 60.0 Å². The van der Waals surface area contributed by atoms with Gasteiger partial charge < -0.3 is 14.5 Å². The van der Waals surface area contributed by atoms with Gasteiger partial charge in [-0.2, -0.15) is 0 Å². The minimum Gasteiger partial charge on any atom is -0.461 e. The van der Waals surface area contributed by atoms with Crippen LogP contribution in [0.2, 0.25) is 0 Å². The maximum absolute atomic E-state index is 12.1. The number of nitrogens with zero attached hydrogens (tertiary/aromatic N) is 2. The van der Waals surface area contributed by atoms with Crippen LogP contribution in [0, 0.1) is 0 Å². The van der Waals surface area contributed by atoms with Crippen LogP contribution in [0.1, 0.15) is 55.5 Å². The number of ether oxygens (including phenoxy) is 1. The predicted molar refractivity (Wildman–Crippen MR) is 105 cm³/mol. The summed E-state index contributed by atoms with van der Waals surface area (Å²) in [6.07, 6.45) is 1.36. The predicted octanol–water partition coefficient (Wildman–Crippen LogP) is 2.12. The Bertz CT molecular complexity index is 711. The first-order chi connectivity index (χ1) is 13.9. The summed E-state index contributed by atoms with van der Waals surface area (Å²) in [5, 5.41) is 0.559. The molecule has 1 heterocycles. The molecule has 0 atom stereocenters. The molecular weight excluding hydrogens is 376 g/mol. The summed E-state index contributed by atoms with van der Waals surface area (Å²) in [7, 11) is 0. The van der Waals surface area contributed by atoms with E-state index < -0.39 is 17.8 Å². The van der Waals surface area contributed by atoms with E-state index in [1.807, 2.05) is 12.1 Å². The van der Waals surface area contributed by atoms with Crippen molar-refractivity contribution in [2.45, 2.75) is 46.0 Å². The summed E-state index contributed by atoms with van der Waals surface area (Å²) in [5.74, 6) is -1.93. The second kappa shape index (κ2) is 11.3. The average molecular weight is 404 g/mol. The first-order valence-corrected chi connectivity index (χ1v) is 9.99. The molecule has 1 aromatic rings. The number of esters is 1. The van der Waals surface area contributed by atoms with Crippen LogP contribution in [0.4, 0.5) is 0 Å². The van der Waals surface area contributed by atoms with Gasteiger partial charge in [0.05, 0.1) is 5.56 Å². The number of likely N-dealkylation sites (N-methyl/N-ethyl adjacent to an activating group) is 1. The number of amides is 2. The molecule has 1 aliphatic heterocycles. The Morgan fingerprint density at radius 2 is 1.66 bits per heavy atom. The number of imide groups is 1. The third kappa shape index (κ3) is 6.98. The lowest BCUT2D eigenvalue weighted by Gasteiger charge is -2.17. The summed E-state index contributed by atoms with van der Waals surface area (Å²) in [5.41, 5.74) is 1.45. The lowest BCUT2D eigenvalue weighted by molar-refractivity contribution is -0.197. The van der Waals surface area contributed by atoms with E-state index in [0.29, 0.717) is 36.6 Å². The number of carbonyl (C=O) groups is 4. The van der Waals surface area contributed by atoms with Crippen LogP contribution in [0.3, 0.4) is 0 Å². The molecule has 1 fully saturated rings. The van der Waals surface area contributed by atoms with Crippen LogP contribution in [-0.2, 0) is 30.4 Å². The minimum absolute atomic E-state index is 0.0797. The van der Waals surface area contributed by atoms with Crippen LogP contribution in [0.15, 0.2) is 24.3 Å². The molecule has 0 aromatic heterocycles. The molecule has 1 aromatic carbocycles. The molecule has 0 saturated carbocycles. The fourth-order valence-electron chi connectivity index (χ4n) is 2.94. The molecule has 1 aliphatic rings. The number of hydrogen-bond donors (Lipinski definition) is 0. The highest BCUT2D eigenvalue weighted by Gasteiger charge is 2.32. The van der Waals surface area contributed by atoms with Gasteiger partial charge in [0, 0.05) is 25.8 Å². The van der Waals surface area contributed by atoms with Crippen molar-refractivity contribution in [3.05, 3.63) is 35.4 Å². The maximum Gasteiger partial charge on any atom is 0.338 e. The molecule has 2 amide bonds. The Morgan fingerprint density at radius 1 is 1.03 bits per heavy atom. The SMILES string of the molecule is CCN(CC)CCOC(=O)c1ccc(CCCC(=O)ON2C(=O)CCC2=O)cc1. The highest BCUT2D eigenvalue weighted by Crippen LogP contribution is 2.14. The summed E-state index contributed by atoms with van der Waals surface area (Å²) >= 11 is 0. The summed E-state index contributed by atoms with van der Waals surface area (Å²) in [4.78, 5) is 53.7. The molecule has 29 heavy (non-hydrogen) atoms. The third-order valence-electron chi connectivity index (χ3n) is 4.77. The highest BCUT2D eigenvalue weighted by atomic mass is 16.7. The molecular formula is C21H28N2O6. The van der Waals surface area contributed by atoms with E-state index in [2.05, 4.69) is 18.7 Å². The van der Waals surface area contributed by atoms with Crippen LogP contribution < -0.4 is 0 Å². The fraction of sp³-hybridized carbons (Fsp3) is 0.524. The smallest absolute Gasteiger partial charge is 0.338 e. The van der Waals surface area contributed by atoms with Gasteiger partial charge in [-0.05, 0) is 43.6 Å². The van der Waals surface area contributed by atoms with Crippen LogP contribution in [0.25, 0.3) is 0 Å². The zero-order valence-electron chi connectivity index (χ0n) is 17.0. The molecule has 0 bridgehead atoms. The Labute approximate surface area is 170 Å². The molecule has 0 unspecified atom stereocenters. The van der Waals surface area contributed by atoms with Crippen molar-refractivity contribution in [3.63, 3.8) is 0 Å². The Kier molecular flexibility index (Phi) is 8.79. The van der Waals surface area contributed by atoms with E-state index in [4.69, 9.17) is 9.57 Å². The summed E-state index contributed by atoms with van der Waals surface area (Å²) in [6, 6.07) is 7.05. The molecule has 8 heteroatoms. The van der Waals surface area contributed by atoms with E-state index in [1.54, 1.807) is 12.1 Å². The molecule has 158 valence electrons. The van der Waals surface area contributed by atoms with Gasteiger partial charge in [0.25, 0.3) is 11.8 Å². The molecule has 0 aliphatic carbocycles. The van der Waals surface area contributed by atoms with Crippen molar-refractivity contribution < 1.29 is 28.8 Å². The first-order valence-electron chi connectivity index (χ1n) is 9.99. The summed E-state index contributed by atoms with van der Waals surface area (Å²) in [6.45, 7) is 7.03. The van der Waals surface area contributed by atoms with Gasteiger partial charge in [-0.25, -0.2) is 9.59 Å². The van der Waals surface area contributed by atoms with Crippen molar-refractivity contribution in [1.82, 2.24) is 9.96 Å². The van der Waals surface area contributed by atoms with Crippen molar-refractivity contribution in [1.29, 1.82) is 0 Å². The van der Waals surface area contributed by atoms with Gasteiger partial charge in [-0.3, -0.25) is 9.59 Å². The van der Waals surface area contributed by atoms with Crippen molar-refractivity contribution in [2.24, 2.45) is 0 Å². The zero-order chi connectivity index (χ0) is 21.2. The highest BCUT2D eigenvalue weighted by molar-refractivity contribution is 6.01. The second-order valence-electron chi connectivity index (χ2n) is 6.76. The maximum atomic E-state index is 12.1. The number of hydrogen-bond acceptors (Lipinski definition) is 7. The van der Waals surface area contributed by atoms with E-state index in [1.165, 1.54) is 0 Å². The number of aryl methyl sites for hydroxylation is 1. The lowest BCUT2D eigenvalue weighted by Crippen LogP contribution is -2.31. The first kappa shape index (κ1) is 22.5. The van der Waals surface area contributed by atoms with Crippen molar-refractivity contribution in [3.8, 4) is 0 Å². The normalized spacial score (nSPS) is 13.8. The largest absolute Gasteiger partial charge is 0.461 e. The monoisotopic (exact) mass is 404 g/mol. The number of benzene rings is 1.